The first-order chi connectivity index (χ1) is 11.0. The molecule has 0 N–H and O–H groups in total. The van der Waals surface area contributed by atoms with Gasteiger partial charge >= 0.3 is 172 Å². The van der Waals surface area contributed by atoms with Crippen LogP contribution in [0.4, 0.5) is 0 Å². The van der Waals surface area contributed by atoms with Gasteiger partial charge in [0.2, 0.25) is 0 Å². The van der Waals surface area contributed by atoms with Gasteiger partial charge in [0.25, 0.3) is 0 Å². The second kappa shape index (κ2) is 12.6. The average molecular weight is 546 g/mol. The first-order valence-electron chi connectivity index (χ1n) is 10.0. The Balaban J connectivity index is 2.52. The quantitative estimate of drug-likeness (QED) is 0.208. The zero-order chi connectivity index (χ0) is 17.2. The third-order valence-corrected chi connectivity index (χ3v) is 11.6. The van der Waals surface area contributed by atoms with Gasteiger partial charge in [0, 0.05) is 0 Å². The molecule has 4 unspecified atom stereocenters. The number of alkyl halides is 3. The summed E-state index contributed by atoms with van der Waals surface area (Å²) in [6.07, 6.45) is 12.8. The van der Waals surface area contributed by atoms with E-state index in [-0.39, 0.29) is 0 Å². The van der Waals surface area contributed by atoms with Crippen molar-refractivity contribution in [2.24, 2.45) is 23.7 Å². The maximum absolute atomic E-state index is 4.12. The molecule has 0 aromatic carbocycles. The van der Waals surface area contributed by atoms with E-state index in [1.54, 1.807) is 6.42 Å². The normalized spacial score (nSPS) is 30.2. The van der Waals surface area contributed by atoms with Gasteiger partial charge < -0.3 is 0 Å². The molecule has 0 aromatic rings. The Labute approximate surface area is 171 Å². The fraction of sp³-hybridized carbons (Fsp3) is 0.952. The van der Waals surface area contributed by atoms with Gasteiger partial charge in [-0.05, 0) is 0 Å². The molecule has 138 valence electrons. The monoisotopic (exact) mass is 546 g/mol. The predicted molar refractivity (Wildman–Crippen MR) is 110 cm³/mol. The van der Waals surface area contributed by atoms with Crippen molar-refractivity contribution < 1.29 is 21.2 Å². The molecule has 0 aromatic heterocycles. The Kier molecular flexibility index (Phi) is 12.3. The summed E-state index contributed by atoms with van der Waals surface area (Å²) in [4.78, 5) is 0. The molecular formula is C21H40I2. The fourth-order valence-corrected chi connectivity index (χ4v) is 10.6. The van der Waals surface area contributed by atoms with Crippen LogP contribution in [-0.4, -0.2) is 12.3 Å². The zero-order valence-corrected chi connectivity index (χ0v) is 20.3. The van der Waals surface area contributed by atoms with Crippen LogP contribution in [0.2, 0.25) is 0 Å². The molecule has 1 fully saturated rings. The van der Waals surface area contributed by atoms with Crippen molar-refractivity contribution in [3.8, 4) is 0 Å². The van der Waals surface area contributed by atoms with Gasteiger partial charge in [0.15, 0.2) is 0 Å². The topological polar surface area (TPSA) is 0 Å². The minimum atomic E-state index is 0.385. The van der Waals surface area contributed by atoms with Crippen molar-refractivity contribution in [3.05, 3.63) is 6.92 Å². The molecule has 2 heteroatoms. The van der Waals surface area contributed by atoms with Crippen LogP contribution in [-0.2, 0) is 0 Å². The molecule has 1 heterocycles. The number of halogens is 2. The summed E-state index contributed by atoms with van der Waals surface area (Å²) in [5.41, 5.74) is 0. The molecule has 0 saturated carbocycles. The van der Waals surface area contributed by atoms with Gasteiger partial charge in [-0.2, -0.15) is 0 Å². The van der Waals surface area contributed by atoms with Crippen LogP contribution in [0, 0.1) is 30.6 Å². The molecule has 0 spiro atoms. The van der Waals surface area contributed by atoms with Gasteiger partial charge in [-0.25, -0.2) is 0 Å². The molecule has 0 amide bonds. The van der Waals surface area contributed by atoms with Crippen LogP contribution in [0.5, 0.6) is 0 Å². The number of rotatable bonds is 11. The molecule has 23 heavy (non-hydrogen) atoms. The Morgan fingerprint density at radius 3 is 2.30 bits per heavy atom. The molecular weight excluding hydrogens is 506 g/mol. The SMILES string of the molecule is [CH2+]CC(C)CC1C[C@@H](CI)C(CCC(CCC)CCC)[I-]C1C. The molecule has 0 radical (unpaired) electrons. The van der Waals surface area contributed by atoms with Crippen molar-refractivity contribution in [2.75, 3.05) is 4.43 Å². The average Bonchev–Trinajstić information content (AvgIpc) is 2.54. The summed E-state index contributed by atoms with van der Waals surface area (Å²) < 4.78 is 3.56. The van der Waals surface area contributed by atoms with Gasteiger partial charge in [-0.3, -0.25) is 0 Å². The van der Waals surface area contributed by atoms with Crippen LogP contribution in [0.1, 0.15) is 85.5 Å². The second-order valence-electron chi connectivity index (χ2n) is 7.88. The van der Waals surface area contributed by atoms with Crippen LogP contribution < -0.4 is 21.2 Å². The molecule has 5 atom stereocenters. The standard InChI is InChI=1S/C21H40I2/c1-6-9-18(10-7-2)11-12-21-20(15-22)14-19(17(5)23-21)13-16(4)8-3/h16-21H,3,6-15H2,1-2,4-5H3/t16?,17?,19?,20-,21?/m0/s1. The summed E-state index contributed by atoms with van der Waals surface area (Å²) in [6, 6.07) is 0. The van der Waals surface area contributed by atoms with E-state index < -0.39 is 0 Å². The third kappa shape index (κ3) is 8.04. The minimum absolute atomic E-state index is 0.385. The van der Waals surface area contributed by atoms with Gasteiger partial charge in [0.1, 0.15) is 0 Å². The van der Waals surface area contributed by atoms with Gasteiger partial charge in [-0.15, -0.1) is 0 Å². The van der Waals surface area contributed by atoms with E-state index in [0.29, 0.717) is 21.2 Å². The van der Waals surface area contributed by atoms with Crippen LogP contribution in [0.3, 0.4) is 0 Å². The van der Waals surface area contributed by atoms with Crippen molar-refractivity contribution >= 4 is 22.6 Å². The van der Waals surface area contributed by atoms with Crippen LogP contribution >= 0.6 is 22.6 Å². The summed E-state index contributed by atoms with van der Waals surface area (Å²) >= 11 is 3.06. The van der Waals surface area contributed by atoms with Crippen molar-refractivity contribution in [3.63, 3.8) is 0 Å². The van der Waals surface area contributed by atoms with E-state index in [4.69, 9.17) is 0 Å². The van der Waals surface area contributed by atoms with E-state index in [9.17, 15) is 0 Å². The summed E-state index contributed by atoms with van der Waals surface area (Å²) in [5, 5.41) is 0. The molecule has 1 aliphatic rings. The van der Waals surface area contributed by atoms with Crippen LogP contribution in [0.25, 0.3) is 0 Å². The van der Waals surface area contributed by atoms with Crippen LogP contribution in [0.15, 0.2) is 0 Å². The van der Waals surface area contributed by atoms with Crippen molar-refractivity contribution in [2.45, 2.75) is 93.3 Å². The van der Waals surface area contributed by atoms with Crippen molar-refractivity contribution in [1.82, 2.24) is 0 Å². The maximum atomic E-state index is 4.12. The summed E-state index contributed by atoms with van der Waals surface area (Å²) in [5.74, 6) is 3.89. The van der Waals surface area contributed by atoms with Gasteiger partial charge in [-0.1, -0.05) is 0 Å². The zero-order valence-electron chi connectivity index (χ0n) is 16.0. The van der Waals surface area contributed by atoms with E-state index in [2.05, 4.69) is 57.2 Å². The van der Waals surface area contributed by atoms with E-state index >= 15 is 0 Å². The molecule has 0 aliphatic carbocycles. The van der Waals surface area contributed by atoms with E-state index in [0.717, 1.165) is 37.9 Å². The Morgan fingerprint density at radius 2 is 1.78 bits per heavy atom. The molecule has 1 rings (SSSR count). The third-order valence-electron chi connectivity index (χ3n) is 5.77. The Morgan fingerprint density at radius 1 is 1.13 bits per heavy atom. The number of hydrogen-bond acceptors (Lipinski definition) is 0. The van der Waals surface area contributed by atoms with Gasteiger partial charge in [0.05, 0.1) is 0 Å². The predicted octanol–water partition coefficient (Wildman–Crippen LogP) is 4.15. The molecule has 0 bridgehead atoms. The van der Waals surface area contributed by atoms with Crippen molar-refractivity contribution in [1.29, 1.82) is 0 Å². The Bertz CT molecular complexity index is 286. The first kappa shape index (κ1) is 22.4. The van der Waals surface area contributed by atoms with E-state index in [1.165, 1.54) is 49.4 Å². The first-order valence-corrected chi connectivity index (χ1v) is 14.0. The Hall–Kier alpha value is 1.33. The number of hydrogen-bond donors (Lipinski definition) is 0. The molecule has 1 aliphatic heterocycles. The summed E-state index contributed by atoms with van der Waals surface area (Å²) in [6.45, 7) is 13.8. The second-order valence-corrected chi connectivity index (χ2v) is 13.0. The fourth-order valence-electron chi connectivity index (χ4n) is 4.21. The van der Waals surface area contributed by atoms with E-state index in [1.807, 2.05) is 0 Å². The summed E-state index contributed by atoms with van der Waals surface area (Å²) in [7, 11) is 0. The molecule has 1 saturated heterocycles. The molecule has 0 nitrogen and oxygen atoms in total.